The van der Waals surface area contributed by atoms with Crippen LogP contribution in [0.3, 0.4) is 0 Å². The largest absolute Gasteiger partial charge is 0.483 e. The third-order valence-corrected chi connectivity index (χ3v) is 5.59. The molecule has 0 aliphatic carbocycles. The van der Waals surface area contributed by atoms with E-state index < -0.39 is 0 Å². The zero-order valence-electron chi connectivity index (χ0n) is 16.3. The lowest BCUT2D eigenvalue weighted by Crippen LogP contribution is -2.20. The van der Waals surface area contributed by atoms with Gasteiger partial charge in [0.05, 0.1) is 5.69 Å². The van der Waals surface area contributed by atoms with E-state index in [1.54, 1.807) is 0 Å². The Bertz CT molecular complexity index is 1170. The number of thiazole rings is 1. The number of para-hydroxylation sites is 1. The average molecular weight is 435 g/mol. The van der Waals surface area contributed by atoms with Gasteiger partial charge in [-0.05, 0) is 30.7 Å². The summed E-state index contributed by atoms with van der Waals surface area (Å²) < 4.78 is 5.81. The molecule has 0 saturated heterocycles. The predicted octanol–water partition coefficient (Wildman–Crippen LogP) is 6.46. The summed E-state index contributed by atoms with van der Waals surface area (Å²) in [5.74, 6) is 0.401. The number of rotatable bonds is 6. The molecule has 0 radical (unpaired) electrons. The number of carbonyl (C=O) groups is 1. The maximum atomic E-state index is 12.5. The van der Waals surface area contributed by atoms with E-state index in [0.717, 1.165) is 27.3 Å². The lowest BCUT2D eigenvalue weighted by Gasteiger charge is -2.11. The van der Waals surface area contributed by atoms with Gasteiger partial charge in [-0.15, -0.1) is 11.3 Å². The number of hydrogen-bond acceptors (Lipinski definition) is 4. The Kier molecular flexibility index (Phi) is 6.12. The summed E-state index contributed by atoms with van der Waals surface area (Å²) in [6, 6.07) is 25.1. The summed E-state index contributed by atoms with van der Waals surface area (Å²) in [7, 11) is 0. The van der Waals surface area contributed by atoms with Gasteiger partial charge >= 0.3 is 0 Å². The molecule has 30 heavy (non-hydrogen) atoms. The highest BCUT2D eigenvalue weighted by Crippen LogP contribution is 2.32. The molecule has 0 fully saturated rings. The summed E-state index contributed by atoms with van der Waals surface area (Å²) in [5, 5.41) is 4.01. The van der Waals surface area contributed by atoms with Gasteiger partial charge in [0.2, 0.25) is 0 Å². The monoisotopic (exact) mass is 434 g/mol. The molecule has 0 spiro atoms. The van der Waals surface area contributed by atoms with E-state index in [0.29, 0.717) is 15.9 Å². The van der Waals surface area contributed by atoms with Crippen molar-refractivity contribution in [3.63, 3.8) is 0 Å². The van der Waals surface area contributed by atoms with Crippen LogP contribution in [0.15, 0.2) is 78.9 Å². The third kappa shape index (κ3) is 4.70. The Morgan fingerprint density at radius 3 is 2.53 bits per heavy atom. The minimum atomic E-state index is -0.260. The zero-order valence-corrected chi connectivity index (χ0v) is 17.8. The molecule has 0 bridgehead atoms. The van der Waals surface area contributed by atoms with Crippen molar-refractivity contribution in [3.8, 4) is 28.1 Å². The van der Waals surface area contributed by atoms with Gasteiger partial charge < -0.3 is 4.74 Å². The van der Waals surface area contributed by atoms with E-state index in [9.17, 15) is 4.79 Å². The first-order chi connectivity index (χ1) is 14.6. The number of aromatic nitrogens is 1. The molecule has 150 valence electrons. The molecule has 1 amide bonds. The van der Waals surface area contributed by atoms with Crippen molar-refractivity contribution in [1.82, 2.24) is 4.98 Å². The van der Waals surface area contributed by atoms with Gasteiger partial charge in [0.15, 0.2) is 11.7 Å². The van der Waals surface area contributed by atoms with Crippen LogP contribution in [-0.4, -0.2) is 17.5 Å². The first-order valence-corrected chi connectivity index (χ1v) is 10.6. The number of amides is 1. The number of benzene rings is 3. The standard InChI is InChI=1S/C24H19ClN2O2S/c1-16-23(18-10-7-11-19(25)14-18)27-24(30-16)26-22(28)15-29-21-13-6-5-12-20(21)17-8-3-2-4-9-17/h2-14H,15H2,1H3,(H,26,27,28). The minimum Gasteiger partial charge on any atom is -0.483 e. The molecule has 4 aromatic rings. The number of nitrogens with one attached hydrogen (secondary N) is 1. The number of ether oxygens (including phenoxy) is 1. The smallest absolute Gasteiger partial charge is 0.264 e. The molecule has 1 heterocycles. The number of nitrogens with zero attached hydrogens (tertiary/aromatic N) is 1. The SMILES string of the molecule is Cc1sc(NC(=O)COc2ccccc2-c2ccccc2)nc1-c1cccc(Cl)c1. The topological polar surface area (TPSA) is 51.2 Å². The molecule has 3 aromatic carbocycles. The molecule has 0 aliphatic rings. The molecule has 4 nitrogen and oxygen atoms in total. The fourth-order valence-corrected chi connectivity index (χ4v) is 4.14. The second kappa shape index (κ2) is 9.11. The van der Waals surface area contributed by atoms with Gasteiger partial charge in [-0.3, -0.25) is 10.1 Å². The molecule has 1 N–H and O–H groups in total. The fourth-order valence-electron chi connectivity index (χ4n) is 3.10. The second-order valence-electron chi connectivity index (χ2n) is 6.63. The van der Waals surface area contributed by atoms with E-state index in [2.05, 4.69) is 10.3 Å². The van der Waals surface area contributed by atoms with Crippen molar-refractivity contribution in [2.45, 2.75) is 6.92 Å². The number of aryl methyl sites for hydroxylation is 1. The van der Waals surface area contributed by atoms with Crippen molar-refractivity contribution >= 4 is 34.0 Å². The first-order valence-electron chi connectivity index (χ1n) is 9.40. The van der Waals surface area contributed by atoms with Crippen molar-refractivity contribution in [2.24, 2.45) is 0 Å². The van der Waals surface area contributed by atoms with E-state index in [-0.39, 0.29) is 12.5 Å². The second-order valence-corrected chi connectivity index (χ2v) is 8.27. The molecule has 4 rings (SSSR count). The van der Waals surface area contributed by atoms with Gasteiger partial charge in [-0.2, -0.15) is 0 Å². The Morgan fingerprint density at radius 2 is 1.73 bits per heavy atom. The molecule has 1 aromatic heterocycles. The van der Waals surface area contributed by atoms with Crippen molar-refractivity contribution in [2.75, 3.05) is 11.9 Å². The Hall–Kier alpha value is -3.15. The molecule has 6 heteroatoms. The number of carbonyl (C=O) groups excluding carboxylic acids is 1. The maximum Gasteiger partial charge on any atom is 0.264 e. The van der Waals surface area contributed by atoms with Crippen molar-refractivity contribution in [1.29, 1.82) is 0 Å². The quantitative estimate of drug-likeness (QED) is 0.379. The normalized spacial score (nSPS) is 10.6. The van der Waals surface area contributed by atoms with Crippen LogP contribution in [0.25, 0.3) is 22.4 Å². The van der Waals surface area contributed by atoms with Gasteiger partial charge in [-0.25, -0.2) is 4.98 Å². The predicted molar refractivity (Wildman–Crippen MR) is 123 cm³/mol. The van der Waals surface area contributed by atoms with Crippen LogP contribution in [0.1, 0.15) is 4.88 Å². The summed E-state index contributed by atoms with van der Waals surface area (Å²) in [4.78, 5) is 18.0. The number of anilines is 1. The summed E-state index contributed by atoms with van der Waals surface area (Å²) in [5.41, 5.74) is 3.72. The molecule has 0 aliphatic heterocycles. The third-order valence-electron chi connectivity index (χ3n) is 4.47. The van der Waals surface area contributed by atoms with Crippen molar-refractivity contribution < 1.29 is 9.53 Å². The van der Waals surface area contributed by atoms with Crippen LogP contribution in [0.2, 0.25) is 5.02 Å². The highest BCUT2D eigenvalue weighted by molar-refractivity contribution is 7.16. The van der Waals surface area contributed by atoms with Crippen LogP contribution in [-0.2, 0) is 4.79 Å². The molecule has 0 unspecified atom stereocenters. The van der Waals surface area contributed by atoms with Crippen LogP contribution in [0.4, 0.5) is 5.13 Å². The molecule has 0 atom stereocenters. The van der Waals surface area contributed by atoms with Crippen molar-refractivity contribution in [3.05, 3.63) is 88.8 Å². The Morgan fingerprint density at radius 1 is 1.00 bits per heavy atom. The Balaban J connectivity index is 1.44. The lowest BCUT2D eigenvalue weighted by molar-refractivity contribution is -0.118. The van der Waals surface area contributed by atoms with Gasteiger partial charge in [-0.1, -0.05) is 72.3 Å². The number of hydrogen-bond donors (Lipinski definition) is 1. The molecule has 0 saturated carbocycles. The van der Waals surface area contributed by atoms with E-state index >= 15 is 0 Å². The minimum absolute atomic E-state index is 0.102. The summed E-state index contributed by atoms with van der Waals surface area (Å²) >= 11 is 7.51. The van der Waals surface area contributed by atoms with Gasteiger partial charge in [0.25, 0.3) is 5.91 Å². The van der Waals surface area contributed by atoms with Crippen LogP contribution in [0.5, 0.6) is 5.75 Å². The van der Waals surface area contributed by atoms with E-state index in [1.807, 2.05) is 85.8 Å². The summed E-state index contributed by atoms with van der Waals surface area (Å²) in [6.07, 6.45) is 0. The molecular weight excluding hydrogens is 416 g/mol. The average Bonchev–Trinajstić information content (AvgIpc) is 3.13. The van der Waals surface area contributed by atoms with Crippen LogP contribution in [0, 0.1) is 6.92 Å². The van der Waals surface area contributed by atoms with Gasteiger partial charge in [0.1, 0.15) is 5.75 Å². The summed E-state index contributed by atoms with van der Waals surface area (Å²) in [6.45, 7) is 1.87. The van der Waals surface area contributed by atoms with E-state index in [1.165, 1.54) is 11.3 Å². The van der Waals surface area contributed by atoms with E-state index in [4.69, 9.17) is 16.3 Å². The van der Waals surface area contributed by atoms with Crippen LogP contribution < -0.4 is 10.1 Å². The maximum absolute atomic E-state index is 12.5. The fraction of sp³-hybridized carbons (Fsp3) is 0.0833. The zero-order chi connectivity index (χ0) is 20.9. The van der Waals surface area contributed by atoms with Gasteiger partial charge in [0, 0.05) is 21.0 Å². The lowest BCUT2D eigenvalue weighted by atomic mass is 10.1. The number of halogens is 1. The molecular formula is C24H19ClN2O2S. The highest BCUT2D eigenvalue weighted by Gasteiger charge is 2.14. The Labute approximate surface area is 184 Å². The first kappa shape index (κ1) is 20.1. The van der Waals surface area contributed by atoms with Crippen LogP contribution >= 0.6 is 22.9 Å². The highest BCUT2D eigenvalue weighted by atomic mass is 35.5.